The molecule has 4 aliphatic carbocycles. The van der Waals surface area contributed by atoms with E-state index in [0.29, 0.717) is 5.41 Å². The van der Waals surface area contributed by atoms with E-state index in [1.54, 1.807) is 14.2 Å². The average molecular weight is 284 g/mol. The SMILES string of the molecule is CC[Si](OC)(OC)OCC12CC3CC(CC(C3)C1)C2. The van der Waals surface area contributed by atoms with E-state index < -0.39 is 8.80 Å². The van der Waals surface area contributed by atoms with E-state index in [4.69, 9.17) is 13.3 Å². The van der Waals surface area contributed by atoms with Crippen molar-refractivity contribution in [2.75, 3.05) is 20.8 Å². The van der Waals surface area contributed by atoms with Crippen LogP contribution in [0.3, 0.4) is 0 Å². The van der Waals surface area contributed by atoms with Crippen molar-refractivity contribution < 1.29 is 13.3 Å². The van der Waals surface area contributed by atoms with Gasteiger partial charge in [0, 0.05) is 26.9 Å². The van der Waals surface area contributed by atoms with Crippen LogP contribution < -0.4 is 0 Å². The molecule has 4 rings (SSSR count). The summed E-state index contributed by atoms with van der Waals surface area (Å²) in [6.07, 6.45) is 8.64. The molecular formula is C15H28O3Si. The van der Waals surface area contributed by atoms with Crippen LogP contribution in [0.4, 0.5) is 0 Å². The van der Waals surface area contributed by atoms with Gasteiger partial charge in [0.15, 0.2) is 0 Å². The molecule has 4 bridgehead atoms. The Morgan fingerprint density at radius 2 is 1.42 bits per heavy atom. The zero-order chi connectivity index (χ0) is 13.5. The van der Waals surface area contributed by atoms with Crippen molar-refractivity contribution in [3.8, 4) is 0 Å². The molecule has 0 aliphatic heterocycles. The molecule has 0 saturated heterocycles. The first-order chi connectivity index (χ1) is 9.12. The van der Waals surface area contributed by atoms with Crippen molar-refractivity contribution in [3.63, 3.8) is 0 Å². The first-order valence-electron chi connectivity index (χ1n) is 7.87. The molecule has 0 N–H and O–H groups in total. The first-order valence-corrected chi connectivity index (χ1v) is 9.80. The van der Waals surface area contributed by atoms with Gasteiger partial charge in [-0.3, -0.25) is 0 Å². The normalized spacial score (nSPS) is 40.9. The van der Waals surface area contributed by atoms with Crippen LogP contribution in [0.1, 0.15) is 45.4 Å². The molecule has 0 spiro atoms. The topological polar surface area (TPSA) is 27.7 Å². The van der Waals surface area contributed by atoms with Gasteiger partial charge in [-0.2, -0.15) is 0 Å². The maximum absolute atomic E-state index is 6.26. The van der Waals surface area contributed by atoms with E-state index in [0.717, 1.165) is 30.4 Å². The first kappa shape index (κ1) is 14.1. The molecule has 110 valence electrons. The van der Waals surface area contributed by atoms with Gasteiger partial charge in [0.25, 0.3) is 0 Å². The summed E-state index contributed by atoms with van der Waals surface area (Å²) in [5, 5.41) is 0. The third-order valence-electron chi connectivity index (χ3n) is 5.82. The highest BCUT2D eigenvalue weighted by Crippen LogP contribution is 2.60. The predicted octanol–water partition coefficient (Wildman–Crippen LogP) is 3.47. The summed E-state index contributed by atoms with van der Waals surface area (Å²) < 4.78 is 17.4. The average Bonchev–Trinajstić information content (AvgIpc) is 2.39. The molecule has 0 heterocycles. The zero-order valence-electron chi connectivity index (χ0n) is 12.6. The van der Waals surface area contributed by atoms with Crippen LogP contribution in [0.5, 0.6) is 0 Å². The highest BCUT2D eigenvalue weighted by atomic mass is 28.4. The molecule has 0 aromatic rings. The largest absolute Gasteiger partial charge is 0.500 e. The Bertz CT molecular complexity index is 284. The molecule has 19 heavy (non-hydrogen) atoms. The van der Waals surface area contributed by atoms with Gasteiger partial charge < -0.3 is 13.3 Å². The fourth-order valence-corrected chi connectivity index (χ4v) is 7.03. The number of hydrogen-bond donors (Lipinski definition) is 0. The van der Waals surface area contributed by atoms with E-state index in [2.05, 4.69) is 6.92 Å². The molecule has 4 saturated carbocycles. The molecule has 0 radical (unpaired) electrons. The minimum atomic E-state index is -2.37. The van der Waals surface area contributed by atoms with Gasteiger partial charge >= 0.3 is 8.80 Å². The van der Waals surface area contributed by atoms with Crippen LogP contribution in [0.15, 0.2) is 0 Å². The Morgan fingerprint density at radius 1 is 0.947 bits per heavy atom. The second-order valence-electron chi connectivity index (χ2n) is 7.15. The summed E-state index contributed by atoms with van der Waals surface area (Å²) in [6, 6.07) is 0.867. The molecule has 0 aromatic carbocycles. The fraction of sp³-hybridized carbons (Fsp3) is 1.00. The van der Waals surface area contributed by atoms with Crippen LogP contribution in [0, 0.1) is 23.2 Å². The summed E-state index contributed by atoms with van der Waals surface area (Å²) in [7, 11) is 1.10. The van der Waals surface area contributed by atoms with Crippen molar-refractivity contribution in [2.45, 2.75) is 51.5 Å². The molecule has 4 heteroatoms. The van der Waals surface area contributed by atoms with E-state index in [1.807, 2.05) is 0 Å². The fourth-order valence-electron chi connectivity index (χ4n) is 5.32. The van der Waals surface area contributed by atoms with Crippen LogP contribution in [-0.2, 0) is 13.3 Å². The summed E-state index contributed by atoms with van der Waals surface area (Å²) in [5.41, 5.74) is 0.458. The van der Waals surface area contributed by atoms with Gasteiger partial charge in [0.2, 0.25) is 0 Å². The van der Waals surface area contributed by atoms with Crippen LogP contribution in [-0.4, -0.2) is 29.6 Å². The maximum Gasteiger partial charge on any atom is 0.500 e. The van der Waals surface area contributed by atoms with Crippen molar-refractivity contribution in [1.82, 2.24) is 0 Å². The lowest BCUT2D eigenvalue weighted by Crippen LogP contribution is -2.52. The third kappa shape index (κ3) is 2.52. The third-order valence-corrected chi connectivity index (χ3v) is 8.51. The highest BCUT2D eigenvalue weighted by Gasteiger charge is 2.52. The Kier molecular flexibility index (Phi) is 3.80. The molecule has 4 aliphatic rings. The second-order valence-corrected chi connectivity index (χ2v) is 10.3. The van der Waals surface area contributed by atoms with Crippen LogP contribution in [0.2, 0.25) is 6.04 Å². The molecule has 0 unspecified atom stereocenters. The van der Waals surface area contributed by atoms with Gasteiger partial charge in [-0.25, -0.2) is 0 Å². The van der Waals surface area contributed by atoms with E-state index in [1.165, 1.54) is 38.5 Å². The summed E-state index contributed by atoms with van der Waals surface area (Å²) >= 11 is 0. The van der Waals surface area contributed by atoms with Gasteiger partial charge in [-0.05, 0) is 61.7 Å². The van der Waals surface area contributed by atoms with Gasteiger partial charge in [0.05, 0.1) is 0 Å². The lowest BCUT2D eigenvalue weighted by Gasteiger charge is -2.57. The lowest BCUT2D eigenvalue weighted by atomic mass is 9.50. The van der Waals surface area contributed by atoms with Crippen molar-refractivity contribution in [3.05, 3.63) is 0 Å². The number of hydrogen-bond acceptors (Lipinski definition) is 3. The van der Waals surface area contributed by atoms with Gasteiger partial charge in [-0.1, -0.05) is 6.92 Å². The smallest absolute Gasteiger partial charge is 0.377 e. The molecular weight excluding hydrogens is 256 g/mol. The molecule has 4 fully saturated rings. The number of rotatable bonds is 6. The van der Waals surface area contributed by atoms with E-state index >= 15 is 0 Å². The predicted molar refractivity (Wildman–Crippen MR) is 76.8 cm³/mol. The highest BCUT2D eigenvalue weighted by molar-refractivity contribution is 6.60. The second kappa shape index (κ2) is 5.13. The summed E-state index contributed by atoms with van der Waals surface area (Å²) in [6.45, 7) is 2.98. The lowest BCUT2D eigenvalue weighted by molar-refractivity contribution is -0.0865. The van der Waals surface area contributed by atoms with Crippen molar-refractivity contribution in [1.29, 1.82) is 0 Å². The van der Waals surface area contributed by atoms with E-state index in [9.17, 15) is 0 Å². The Hall–Kier alpha value is 0.0969. The molecule has 0 amide bonds. The van der Waals surface area contributed by atoms with Crippen LogP contribution >= 0.6 is 0 Å². The van der Waals surface area contributed by atoms with Gasteiger partial charge in [-0.15, -0.1) is 0 Å². The Morgan fingerprint density at radius 3 is 1.79 bits per heavy atom. The minimum Gasteiger partial charge on any atom is -0.377 e. The monoisotopic (exact) mass is 284 g/mol. The quantitative estimate of drug-likeness (QED) is 0.699. The standard InChI is InChI=1S/C15H28O3Si/c1-4-19(16-2,17-3)18-11-15-8-12-5-13(9-15)7-14(6-12)10-15/h12-14H,4-11H2,1-3H3. The van der Waals surface area contributed by atoms with Gasteiger partial charge in [0.1, 0.15) is 0 Å². The maximum atomic E-state index is 6.26. The van der Waals surface area contributed by atoms with Crippen molar-refractivity contribution >= 4 is 8.80 Å². The summed E-state index contributed by atoms with van der Waals surface area (Å²) in [5.74, 6) is 2.95. The van der Waals surface area contributed by atoms with E-state index in [-0.39, 0.29) is 0 Å². The zero-order valence-corrected chi connectivity index (χ0v) is 13.6. The Labute approximate surface area is 118 Å². The molecule has 0 aromatic heterocycles. The molecule has 0 atom stereocenters. The Balaban J connectivity index is 1.66. The summed E-state index contributed by atoms with van der Waals surface area (Å²) in [4.78, 5) is 0. The van der Waals surface area contributed by atoms with Crippen LogP contribution in [0.25, 0.3) is 0 Å². The minimum absolute atomic E-state index is 0.458. The molecule has 3 nitrogen and oxygen atoms in total. The van der Waals surface area contributed by atoms with Crippen molar-refractivity contribution in [2.24, 2.45) is 23.2 Å².